The smallest absolute Gasteiger partial charge is 0.234 e. The van der Waals surface area contributed by atoms with Gasteiger partial charge in [0.25, 0.3) is 0 Å². The molecule has 1 saturated heterocycles. The minimum Gasteiger partial charge on any atom is -0.369 e. The van der Waals surface area contributed by atoms with Crippen LogP contribution in [0.25, 0.3) is 0 Å². The molecule has 1 aliphatic heterocycles. The van der Waals surface area contributed by atoms with Crippen LogP contribution in [0.3, 0.4) is 0 Å². The number of piperazine rings is 1. The van der Waals surface area contributed by atoms with Gasteiger partial charge < -0.3 is 10.2 Å². The fraction of sp³-hybridized carbons (Fsp3) is 0.636. The second kappa shape index (κ2) is 10.3. The summed E-state index contributed by atoms with van der Waals surface area (Å²) < 4.78 is 23.6. The van der Waals surface area contributed by atoms with Gasteiger partial charge in [0.2, 0.25) is 5.91 Å². The molecule has 7 nitrogen and oxygen atoms in total. The standard InChI is InChI=1S/C22H32N4O3S/c1-30(28,29)21-4-2-3-20(17-21)26-15-13-25(14-16-26)12-10-18-5-7-19(8-6-18)24-22(27)9-11-23/h2-4,17-19H,5-10,12-16H2,1H3,(H,24,27)/t18-,19-. The summed E-state index contributed by atoms with van der Waals surface area (Å²) in [6.07, 6.45) is 6.66. The summed E-state index contributed by atoms with van der Waals surface area (Å²) in [7, 11) is -3.18. The molecule has 1 aliphatic carbocycles. The second-order valence-electron chi connectivity index (χ2n) is 8.51. The highest BCUT2D eigenvalue weighted by atomic mass is 32.2. The molecule has 0 unspecified atom stereocenters. The molecule has 0 radical (unpaired) electrons. The number of carbonyl (C=O) groups is 1. The monoisotopic (exact) mass is 432 g/mol. The quantitative estimate of drug-likeness (QED) is 0.710. The molecule has 164 valence electrons. The molecule has 2 aliphatic rings. The zero-order chi connectivity index (χ0) is 21.6. The van der Waals surface area contributed by atoms with Gasteiger partial charge in [-0.2, -0.15) is 5.26 Å². The van der Waals surface area contributed by atoms with E-state index in [1.807, 2.05) is 18.2 Å². The lowest BCUT2D eigenvalue weighted by atomic mass is 9.84. The first-order valence-electron chi connectivity index (χ1n) is 10.8. The highest BCUT2D eigenvalue weighted by Gasteiger charge is 2.24. The Morgan fingerprint density at radius 3 is 2.50 bits per heavy atom. The highest BCUT2D eigenvalue weighted by Crippen LogP contribution is 2.27. The van der Waals surface area contributed by atoms with Crippen LogP contribution in [0, 0.1) is 17.2 Å². The third-order valence-electron chi connectivity index (χ3n) is 6.29. The van der Waals surface area contributed by atoms with E-state index in [0.717, 1.165) is 64.1 Å². The van der Waals surface area contributed by atoms with Gasteiger partial charge in [-0.15, -0.1) is 0 Å². The second-order valence-corrected chi connectivity index (χ2v) is 10.5. The maximum Gasteiger partial charge on any atom is 0.234 e. The van der Waals surface area contributed by atoms with Crippen LogP contribution in [0.2, 0.25) is 0 Å². The third kappa shape index (κ3) is 6.44. The Kier molecular flexibility index (Phi) is 7.73. The van der Waals surface area contributed by atoms with Crippen LogP contribution < -0.4 is 10.2 Å². The molecule has 2 fully saturated rings. The van der Waals surface area contributed by atoms with Crippen molar-refractivity contribution in [2.75, 3.05) is 43.9 Å². The normalized spacial score (nSPS) is 23.0. The molecule has 0 bridgehead atoms. The molecule has 1 aromatic carbocycles. The van der Waals surface area contributed by atoms with E-state index in [2.05, 4.69) is 15.1 Å². The van der Waals surface area contributed by atoms with E-state index in [1.165, 1.54) is 12.7 Å². The van der Waals surface area contributed by atoms with Crippen LogP contribution in [0.15, 0.2) is 29.2 Å². The Morgan fingerprint density at radius 2 is 1.87 bits per heavy atom. The van der Waals surface area contributed by atoms with Crippen LogP contribution in [0.4, 0.5) is 5.69 Å². The molecule has 0 spiro atoms. The molecule has 1 N–H and O–H groups in total. The van der Waals surface area contributed by atoms with Crippen LogP contribution >= 0.6 is 0 Å². The fourth-order valence-electron chi connectivity index (χ4n) is 4.45. The lowest BCUT2D eigenvalue weighted by molar-refractivity contribution is -0.121. The van der Waals surface area contributed by atoms with E-state index in [0.29, 0.717) is 10.8 Å². The van der Waals surface area contributed by atoms with Gasteiger partial charge in [-0.1, -0.05) is 6.07 Å². The molecule has 8 heteroatoms. The third-order valence-corrected chi connectivity index (χ3v) is 7.40. The number of carbonyl (C=O) groups excluding carboxylic acids is 1. The average Bonchev–Trinajstić information content (AvgIpc) is 2.73. The van der Waals surface area contributed by atoms with Crippen molar-refractivity contribution in [1.29, 1.82) is 5.26 Å². The average molecular weight is 433 g/mol. The summed E-state index contributed by atoms with van der Waals surface area (Å²) in [5, 5.41) is 11.5. The first-order chi connectivity index (χ1) is 14.3. The largest absolute Gasteiger partial charge is 0.369 e. The van der Waals surface area contributed by atoms with Crippen molar-refractivity contribution in [3.8, 4) is 6.07 Å². The van der Waals surface area contributed by atoms with Crippen molar-refractivity contribution < 1.29 is 13.2 Å². The number of amides is 1. The molecule has 3 rings (SSSR count). The number of nitrogens with zero attached hydrogens (tertiary/aromatic N) is 3. The molecular weight excluding hydrogens is 400 g/mol. The van der Waals surface area contributed by atoms with Gasteiger partial charge in [0, 0.05) is 44.2 Å². The van der Waals surface area contributed by atoms with Gasteiger partial charge in [0.05, 0.1) is 11.0 Å². The molecule has 1 aromatic rings. The highest BCUT2D eigenvalue weighted by molar-refractivity contribution is 7.90. The Morgan fingerprint density at radius 1 is 1.17 bits per heavy atom. The summed E-state index contributed by atoms with van der Waals surface area (Å²) in [5.74, 6) is 0.555. The minimum atomic E-state index is -3.18. The zero-order valence-electron chi connectivity index (χ0n) is 17.7. The Balaban J connectivity index is 1.38. The van der Waals surface area contributed by atoms with Gasteiger partial charge in [0.15, 0.2) is 9.84 Å². The summed E-state index contributed by atoms with van der Waals surface area (Å²) in [4.78, 5) is 16.7. The van der Waals surface area contributed by atoms with E-state index in [-0.39, 0.29) is 18.4 Å². The van der Waals surface area contributed by atoms with E-state index >= 15 is 0 Å². The van der Waals surface area contributed by atoms with Crippen LogP contribution in [0.5, 0.6) is 0 Å². The van der Waals surface area contributed by atoms with Crippen molar-refractivity contribution in [2.45, 2.75) is 49.5 Å². The number of hydrogen-bond acceptors (Lipinski definition) is 6. The summed E-state index contributed by atoms with van der Waals surface area (Å²) in [6.45, 7) is 4.88. The van der Waals surface area contributed by atoms with Gasteiger partial charge in [-0.05, 0) is 62.8 Å². The summed E-state index contributed by atoms with van der Waals surface area (Å²) >= 11 is 0. The Labute approximate surface area is 180 Å². The molecule has 1 saturated carbocycles. The SMILES string of the molecule is CS(=O)(=O)c1cccc(N2CCN(CC[C@H]3CC[C@H](NC(=O)CC#N)CC3)CC2)c1. The first kappa shape index (κ1) is 22.6. The Bertz CT molecular complexity index is 865. The molecule has 1 amide bonds. The zero-order valence-corrected chi connectivity index (χ0v) is 18.5. The van der Waals surface area contributed by atoms with Crippen LogP contribution in [0.1, 0.15) is 38.5 Å². The number of rotatable bonds is 7. The van der Waals surface area contributed by atoms with Crippen molar-refractivity contribution in [1.82, 2.24) is 10.2 Å². The van der Waals surface area contributed by atoms with Gasteiger partial charge in [0.1, 0.15) is 6.42 Å². The van der Waals surface area contributed by atoms with E-state index in [1.54, 1.807) is 12.1 Å². The van der Waals surface area contributed by atoms with Crippen molar-refractivity contribution in [3.05, 3.63) is 24.3 Å². The van der Waals surface area contributed by atoms with E-state index < -0.39 is 9.84 Å². The van der Waals surface area contributed by atoms with Crippen molar-refractivity contribution in [3.63, 3.8) is 0 Å². The van der Waals surface area contributed by atoms with Crippen molar-refractivity contribution in [2.24, 2.45) is 5.92 Å². The number of nitrogens with one attached hydrogen (secondary N) is 1. The predicted octanol–water partition coefficient (Wildman–Crippen LogP) is 2.19. The maximum absolute atomic E-state index is 11.8. The lowest BCUT2D eigenvalue weighted by Gasteiger charge is -2.37. The van der Waals surface area contributed by atoms with Gasteiger partial charge in [-0.25, -0.2) is 8.42 Å². The van der Waals surface area contributed by atoms with Gasteiger partial charge in [-0.3, -0.25) is 9.69 Å². The molecule has 1 heterocycles. The van der Waals surface area contributed by atoms with E-state index in [4.69, 9.17) is 5.26 Å². The molecule has 0 aromatic heterocycles. The number of anilines is 1. The maximum atomic E-state index is 11.8. The Hall–Kier alpha value is -2.11. The fourth-order valence-corrected chi connectivity index (χ4v) is 5.11. The number of nitriles is 1. The molecular formula is C22H32N4O3S. The van der Waals surface area contributed by atoms with Crippen LogP contribution in [-0.4, -0.2) is 64.2 Å². The number of benzene rings is 1. The summed E-state index contributed by atoms with van der Waals surface area (Å²) in [5.41, 5.74) is 0.981. The predicted molar refractivity (Wildman–Crippen MR) is 117 cm³/mol. The van der Waals surface area contributed by atoms with Crippen LogP contribution in [-0.2, 0) is 14.6 Å². The minimum absolute atomic E-state index is 0.0511. The lowest BCUT2D eigenvalue weighted by Crippen LogP contribution is -2.47. The summed E-state index contributed by atoms with van der Waals surface area (Å²) in [6, 6.07) is 9.36. The van der Waals surface area contributed by atoms with Crippen molar-refractivity contribution >= 4 is 21.4 Å². The topological polar surface area (TPSA) is 93.5 Å². The molecule has 30 heavy (non-hydrogen) atoms. The van der Waals surface area contributed by atoms with Gasteiger partial charge >= 0.3 is 0 Å². The number of hydrogen-bond donors (Lipinski definition) is 1. The molecule has 0 atom stereocenters. The number of sulfone groups is 1. The van der Waals surface area contributed by atoms with E-state index in [9.17, 15) is 13.2 Å². The first-order valence-corrected chi connectivity index (χ1v) is 12.7.